The monoisotopic (exact) mass is 242 g/mol. The molecule has 0 unspecified atom stereocenters. The molecule has 92 valence electrons. The standard InChI is InChI=1S/C15H14O3/c16-9-5-7-12-13(8-6-9)15(18)11-4-2-1-3-10(11)14(12)17/h1-4,9,16H,5-8H2. The van der Waals surface area contributed by atoms with Gasteiger partial charge in [-0.3, -0.25) is 9.59 Å². The first-order valence-corrected chi connectivity index (χ1v) is 6.27. The van der Waals surface area contributed by atoms with Crippen molar-refractivity contribution < 1.29 is 14.7 Å². The highest BCUT2D eigenvalue weighted by atomic mass is 16.3. The van der Waals surface area contributed by atoms with Crippen molar-refractivity contribution in [2.75, 3.05) is 0 Å². The molecular formula is C15H14O3. The Morgan fingerprint density at radius 2 is 1.33 bits per heavy atom. The van der Waals surface area contributed by atoms with Gasteiger partial charge in [0, 0.05) is 22.3 Å². The highest BCUT2D eigenvalue weighted by Crippen LogP contribution is 2.34. The summed E-state index contributed by atoms with van der Waals surface area (Å²) in [5.41, 5.74) is 2.26. The van der Waals surface area contributed by atoms with E-state index < -0.39 is 6.10 Å². The Bertz CT molecular complexity index is 520. The van der Waals surface area contributed by atoms with Crippen LogP contribution in [0.25, 0.3) is 0 Å². The Labute approximate surface area is 105 Å². The molecule has 0 heterocycles. The van der Waals surface area contributed by atoms with Crippen LogP contribution in [0.15, 0.2) is 35.4 Å². The summed E-state index contributed by atoms with van der Waals surface area (Å²) < 4.78 is 0. The second-order valence-electron chi connectivity index (χ2n) is 4.89. The summed E-state index contributed by atoms with van der Waals surface area (Å²) in [5.74, 6) is -0.0661. The van der Waals surface area contributed by atoms with Gasteiger partial charge in [0.05, 0.1) is 6.10 Å². The molecule has 0 amide bonds. The highest BCUT2D eigenvalue weighted by molar-refractivity contribution is 6.26. The molecule has 1 N–H and O–H groups in total. The van der Waals surface area contributed by atoms with Gasteiger partial charge < -0.3 is 5.11 Å². The van der Waals surface area contributed by atoms with E-state index in [0.717, 1.165) is 0 Å². The number of allylic oxidation sites excluding steroid dienone is 2. The minimum absolute atomic E-state index is 0.0331. The zero-order valence-corrected chi connectivity index (χ0v) is 9.98. The van der Waals surface area contributed by atoms with Crippen LogP contribution in [0, 0.1) is 0 Å². The van der Waals surface area contributed by atoms with E-state index in [0.29, 0.717) is 48.0 Å². The van der Waals surface area contributed by atoms with Crippen LogP contribution in [0.5, 0.6) is 0 Å². The lowest BCUT2D eigenvalue weighted by atomic mass is 9.82. The van der Waals surface area contributed by atoms with E-state index in [9.17, 15) is 14.7 Å². The van der Waals surface area contributed by atoms with Gasteiger partial charge in [-0.15, -0.1) is 0 Å². The van der Waals surface area contributed by atoms with Crippen molar-refractivity contribution in [2.24, 2.45) is 0 Å². The molecule has 0 aromatic heterocycles. The SMILES string of the molecule is O=C1C2=C(CCC(O)CC2)C(=O)c2ccccc21. The van der Waals surface area contributed by atoms with Crippen LogP contribution in [-0.4, -0.2) is 22.8 Å². The van der Waals surface area contributed by atoms with Gasteiger partial charge in [0.25, 0.3) is 0 Å². The molecule has 2 aliphatic carbocycles. The summed E-state index contributed by atoms with van der Waals surface area (Å²) in [6.45, 7) is 0. The van der Waals surface area contributed by atoms with Crippen LogP contribution in [-0.2, 0) is 0 Å². The number of rotatable bonds is 0. The first-order chi connectivity index (χ1) is 8.68. The Kier molecular flexibility index (Phi) is 2.63. The zero-order chi connectivity index (χ0) is 12.7. The van der Waals surface area contributed by atoms with Crippen LogP contribution < -0.4 is 0 Å². The predicted molar refractivity (Wildman–Crippen MR) is 66.6 cm³/mol. The predicted octanol–water partition coefficient (Wildman–Crippen LogP) is 2.30. The van der Waals surface area contributed by atoms with Crippen LogP contribution in [0.3, 0.4) is 0 Å². The summed E-state index contributed by atoms with van der Waals surface area (Å²) >= 11 is 0. The van der Waals surface area contributed by atoms with E-state index >= 15 is 0 Å². The van der Waals surface area contributed by atoms with Gasteiger partial charge in [0.2, 0.25) is 0 Å². The molecule has 0 saturated heterocycles. The van der Waals surface area contributed by atoms with Gasteiger partial charge in [-0.2, -0.15) is 0 Å². The summed E-state index contributed by atoms with van der Waals surface area (Å²) in [6, 6.07) is 6.98. The molecule has 3 heteroatoms. The minimum Gasteiger partial charge on any atom is -0.393 e. The van der Waals surface area contributed by atoms with Gasteiger partial charge in [-0.25, -0.2) is 0 Å². The molecule has 0 saturated carbocycles. The second-order valence-corrected chi connectivity index (χ2v) is 4.89. The Morgan fingerprint density at radius 3 is 1.78 bits per heavy atom. The molecule has 18 heavy (non-hydrogen) atoms. The largest absolute Gasteiger partial charge is 0.393 e. The molecule has 0 aliphatic heterocycles. The van der Waals surface area contributed by atoms with Gasteiger partial charge in [0.1, 0.15) is 0 Å². The summed E-state index contributed by atoms with van der Waals surface area (Å²) in [7, 11) is 0. The van der Waals surface area contributed by atoms with Gasteiger partial charge >= 0.3 is 0 Å². The lowest BCUT2D eigenvalue weighted by Gasteiger charge is -2.19. The maximum absolute atomic E-state index is 12.4. The van der Waals surface area contributed by atoms with Gasteiger partial charge in [0.15, 0.2) is 11.6 Å². The maximum Gasteiger partial charge on any atom is 0.190 e. The number of aliphatic hydroxyl groups excluding tert-OH is 1. The fourth-order valence-electron chi connectivity index (χ4n) is 2.77. The molecule has 3 nitrogen and oxygen atoms in total. The maximum atomic E-state index is 12.4. The van der Waals surface area contributed by atoms with Crippen LogP contribution in [0.1, 0.15) is 46.4 Å². The molecule has 2 aliphatic rings. The number of carbonyl (C=O) groups is 2. The van der Waals surface area contributed by atoms with Crippen molar-refractivity contribution in [1.82, 2.24) is 0 Å². The third kappa shape index (κ3) is 1.63. The second kappa shape index (κ2) is 4.18. The third-order valence-electron chi connectivity index (χ3n) is 3.78. The zero-order valence-electron chi connectivity index (χ0n) is 9.98. The molecule has 1 aromatic carbocycles. The van der Waals surface area contributed by atoms with E-state index in [-0.39, 0.29) is 11.6 Å². The Balaban J connectivity index is 2.11. The van der Waals surface area contributed by atoms with Crippen molar-refractivity contribution in [3.05, 3.63) is 46.5 Å². The summed E-state index contributed by atoms with van der Waals surface area (Å²) in [4.78, 5) is 24.7. The molecule has 0 atom stereocenters. The number of hydrogen-bond donors (Lipinski definition) is 1. The first-order valence-electron chi connectivity index (χ1n) is 6.27. The van der Waals surface area contributed by atoms with E-state index in [1.807, 2.05) is 0 Å². The van der Waals surface area contributed by atoms with E-state index in [1.54, 1.807) is 24.3 Å². The van der Waals surface area contributed by atoms with E-state index in [2.05, 4.69) is 0 Å². The molecule has 0 spiro atoms. The fraction of sp³-hybridized carbons (Fsp3) is 0.333. The number of aliphatic hydroxyl groups is 1. The summed E-state index contributed by atoms with van der Waals surface area (Å²) in [5, 5.41) is 9.68. The normalized spacial score (nSPS) is 20.5. The lowest BCUT2D eigenvalue weighted by molar-refractivity contribution is 0.0970. The molecule has 1 aromatic rings. The average molecular weight is 242 g/mol. The van der Waals surface area contributed by atoms with Crippen molar-refractivity contribution in [2.45, 2.75) is 31.8 Å². The fourth-order valence-corrected chi connectivity index (χ4v) is 2.77. The molecule has 0 bridgehead atoms. The third-order valence-corrected chi connectivity index (χ3v) is 3.78. The number of fused-ring (bicyclic) bond motifs is 1. The Hall–Kier alpha value is -1.74. The van der Waals surface area contributed by atoms with Crippen molar-refractivity contribution >= 4 is 11.6 Å². The number of Topliss-reactive ketones (excluding diaryl/α,β-unsaturated/α-hetero) is 2. The first kappa shape index (κ1) is 11.4. The van der Waals surface area contributed by atoms with E-state index in [1.165, 1.54) is 0 Å². The smallest absolute Gasteiger partial charge is 0.190 e. The van der Waals surface area contributed by atoms with Crippen molar-refractivity contribution in [3.63, 3.8) is 0 Å². The van der Waals surface area contributed by atoms with Gasteiger partial charge in [-0.1, -0.05) is 24.3 Å². The number of ketones is 2. The molecule has 0 fully saturated rings. The number of carbonyl (C=O) groups excluding carboxylic acids is 2. The lowest BCUT2D eigenvalue weighted by Crippen LogP contribution is -2.21. The van der Waals surface area contributed by atoms with Crippen LogP contribution >= 0.6 is 0 Å². The highest BCUT2D eigenvalue weighted by Gasteiger charge is 2.33. The van der Waals surface area contributed by atoms with Crippen molar-refractivity contribution in [1.29, 1.82) is 0 Å². The topological polar surface area (TPSA) is 54.4 Å². The average Bonchev–Trinajstić information content (AvgIpc) is 2.59. The van der Waals surface area contributed by atoms with Crippen molar-refractivity contribution in [3.8, 4) is 0 Å². The Morgan fingerprint density at radius 1 is 0.889 bits per heavy atom. The van der Waals surface area contributed by atoms with E-state index in [4.69, 9.17) is 0 Å². The van der Waals surface area contributed by atoms with Crippen LogP contribution in [0.4, 0.5) is 0 Å². The molecular weight excluding hydrogens is 228 g/mol. The van der Waals surface area contributed by atoms with Crippen LogP contribution in [0.2, 0.25) is 0 Å². The molecule has 3 rings (SSSR count). The van der Waals surface area contributed by atoms with Gasteiger partial charge in [-0.05, 0) is 25.7 Å². The number of benzene rings is 1. The number of hydrogen-bond acceptors (Lipinski definition) is 3. The minimum atomic E-state index is -0.403. The quantitative estimate of drug-likeness (QED) is 0.759. The molecule has 0 radical (unpaired) electrons. The summed E-state index contributed by atoms with van der Waals surface area (Å²) in [6.07, 6.45) is 1.75.